The van der Waals surface area contributed by atoms with Crippen molar-refractivity contribution in [2.75, 3.05) is 46.1 Å². The lowest BCUT2D eigenvalue weighted by Crippen LogP contribution is -2.29. The van der Waals surface area contributed by atoms with Crippen molar-refractivity contribution in [3.8, 4) is 0 Å². The Morgan fingerprint density at radius 3 is 2.65 bits per heavy atom. The zero-order chi connectivity index (χ0) is 15.2. The molecule has 0 amide bonds. The summed E-state index contributed by atoms with van der Waals surface area (Å²) in [6, 6.07) is 4.85. The van der Waals surface area contributed by atoms with Gasteiger partial charge in [-0.05, 0) is 38.7 Å². The first-order chi connectivity index (χ1) is 9.34. The molecular weight excluding hydrogens is 278 g/mol. The van der Waals surface area contributed by atoms with Gasteiger partial charge in [0.15, 0.2) is 0 Å². The quantitative estimate of drug-likeness (QED) is 0.537. The smallest absolute Gasteiger partial charge is 0.240 e. The van der Waals surface area contributed by atoms with E-state index in [1.165, 1.54) is 0 Å². The Balaban J connectivity index is 2.48. The molecule has 3 N–H and O–H groups in total. The zero-order valence-corrected chi connectivity index (χ0v) is 13.0. The SMILES string of the molecule is Cc1c(N)cccc1S(=O)(=O)NCCOCCN(C)C. The van der Waals surface area contributed by atoms with E-state index in [2.05, 4.69) is 4.72 Å². The van der Waals surface area contributed by atoms with Gasteiger partial charge in [-0.1, -0.05) is 6.07 Å². The summed E-state index contributed by atoms with van der Waals surface area (Å²) in [4.78, 5) is 2.21. The normalized spacial score (nSPS) is 12.0. The van der Waals surface area contributed by atoms with Gasteiger partial charge in [0.05, 0.1) is 18.1 Å². The number of nitrogen functional groups attached to an aromatic ring is 1. The molecule has 0 unspecified atom stereocenters. The molecule has 114 valence electrons. The second-order valence-corrected chi connectivity index (χ2v) is 6.52. The number of hydrogen-bond donors (Lipinski definition) is 2. The van der Waals surface area contributed by atoms with Gasteiger partial charge in [-0.15, -0.1) is 0 Å². The molecule has 0 fully saturated rings. The maximum atomic E-state index is 12.1. The molecule has 0 saturated heterocycles. The first kappa shape index (κ1) is 16.9. The summed E-state index contributed by atoms with van der Waals surface area (Å²) < 4.78 is 32.1. The molecule has 1 aromatic carbocycles. The van der Waals surface area contributed by atoms with E-state index in [0.29, 0.717) is 24.5 Å². The van der Waals surface area contributed by atoms with Crippen molar-refractivity contribution in [2.24, 2.45) is 0 Å². The summed E-state index contributed by atoms with van der Waals surface area (Å²) in [6.45, 7) is 3.66. The molecular formula is C13H23N3O3S. The number of likely N-dealkylation sites (N-methyl/N-ethyl adjacent to an activating group) is 1. The summed E-state index contributed by atoms with van der Waals surface area (Å²) in [5.74, 6) is 0. The van der Waals surface area contributed by atoms with Gasteiger partial charge in [-0.2, -0.15) is 0 Å². The molecule has 6 nitrogen and oxygen atoms in total. The Labute approximate surface area is 121 Å². The first-order valence-corrected chi connectivity index (χ1v) is 7.90. The number of benzene rings is 1. The standard InChI is InChI=1S/C13H23N3O3S/c1-11-12(14)5-4-6-13(11)20(17,18)15-7-9-19-10-8-16(2)3/h4-6,15H,7-10,14H2,1-3H3. The van der Waals surface area contributed by atoms with E-state index in [4.69, 9.17) is 10.5 Å². The fourth-order valence-electron chi connectivity index (χ4n) is 1.60. The van der Waals surface area contributed by atoms with Crippen molar-refractivity contribution in [3.05, 3.63) is 23.8 Å². The monoisotopic (exact) mass is 301 g/mol. The third kappa shape index (κ3) is 5.09. The minimum atomic E-state index is -3.54. The van der Waals surface area contributed by atoms with Gasteiger partial charge < -0.3 is 15.4 Å². The molecule has 0 spiro atoms. The number of nitrogens with one attached hydrogen (secondary N) is 1. The molecule has 1 rings (SSSR count). The molecule has 0 heterocycles. The fourth-order valence-corrected chi connectivity index (χ4v) is 2.88. The lowest BCUT2D eigenvalue weighted by Gasteiger charge is -2.12. The Morgan fingerprint density at radius 2 is 2.00 bits per heavy atom. The number of nitrogens with zero attached hydrogens (tertiary/aromatic N) is 1. The van der Waals surface area contributed by atoms with Crippen LogP contribution in [-0.2, 0) is 14.8 Å². The summed E-state index contributed by atoms with van der Waals surface area (Å²) in [7, 11) is 0.369. The number of nitrogens with two attached hydrogens (primary N) is 1. The van der Waals surface area contributed by atoms with Gasteiger partial charge >= 0.3 is 0 Å². The van der Waals surface area contributed by atoms with Crippen LogP contribution in [-0.4, -0.2) is 53.7 Å². The molecule has 0 aliphatic rings. The van der Waals surface area contributed by atoms with E-state index >= 15 is 0 Å². The highest BCUT2D eigenvalue weighted by atomic mass is 32.2. The Morgan fingerprint density at radius 1 is 1.30 bits per heavy atom. The van der Waals surface area contributed by atoms with Crippen LogP contribution in [0.3, 0.4) is 0 Å². The zero-order valence-electron chi connectivity index (χ0n) is 12.2. The van der Waals surface area contributed by atoms with Crippen molar-refractivity contribution in [1.82, 2.24) is 9.62 Å². The minimum absolute atomic E-state index is 0.214. The van der Waals surface area contributed by atoms with Crippen LogP contribution in [0.15, 0.2) is 23.1 Å². The van der Waals surface area contributed by atoms with Crippen LogP contribution in [0.4, 0.5) is 5.69 Å². The van der Waals surface area contributed by atoms with Crippen molar-refractivity contribution in [3.63, 3.8) is 0 Å². The fraction of sp³-hybridized carbons (Fsp3) is 0.538. The average molecular weight is 301 g/mol. The summed E-state index contributed by atoms with van der Waals surface area (Å²) in [5, 5.41) is 0. The highest BCUT2D eigenvalue weighted by Crippen LogP contribution is 2.19. The van der Waals surface area contributed by atoms with Crippen LogP contribution in [0.2, 0.25) is 0 Å². The summed E-state index contributed by atoms with van der Waals surface area (Å²) in [6.07, 6.45) is 0. The molecule has 20 heavy (non-hydrogen) atoms. The van der Waals surface area contributed by atoms with Crippen molar-refractivity contribution >= 4 is 15.7 Å². The van der Waals surface area contributed by atoms with E-state index in [-0.39, 0.29) is 11.4 Å². The van der Waals surface area contributed by atoms with E-state index in [1.54, 1.807) is 25.1 Å². The van der Waals surface area contributed by atoms with Crippen LogP contribution >= 0.6 is 0 Å². The lowest BCUT2D eigenvalue weighted by molar-refractivity contribution is 0.122. The minimum Gasteiger partial charge on any atom is -0.398 e. The van der Waals surface area contributed by atoms with Crippen LogP contribution in [0.5, 0.6) is 0 Å². The Kier molecular flexibility index (Phi) is 6.41. The molecule has 0 atom stereocenters. The van der Waals surface area contributed by atoms with Gasteiger partial charge in [0.2, 0.25) is 10.0 Å². The average Bonchev–Trinajstić information content (AvgIpc) is 2.36. The van der Waals surface area contributed by atoms with Gasteiger partial charge in [0, 0.05) is 18.8 Å². The molecule has 1 aromatic rings. The second kappa shape index (κ2) is 7.58. The number of sulfonamides is 1. The third-order valence-electron chi connectivity index (χ3n) is 2.84. The van der Waals surface area contributed by atoms with E-state index in [0.717, 1.165) is 6.54 Å². The molecule has 0 bridgehead atoms. The number of hydrogen-bond acceptors (Lipinski definition) is 5. The van der Waals surface area contributed by atoms with Gasteiger partial charge in [-0.3, -0.25) is 0 Å². The van der Waals surface area contributed by atoms with Crippen molar-refractivity contribution in [2.45, 2.75) is 11.8 Å². The largest absolute Gasteiger partial charge is 0.398 e. The highest BCUT2D eigenvalue weighted by molar-refractivity contribution is 7.89. The summed E-state index contributed by atoms with van der Waals surface area (Å²) in [5.41, 5.74) is 6.75. The first-order valence-electron chi connectivity index (χ1n) is 6.42. The van der Waals surface area contributed by atoms with Gasteiger partial charge in [-0.25, -0.2) is 13.1 Å². The maximum Gasteiger partial charge on any atom is 0.240 e. The molecule has 0 radical (unpaired) electrons. The maximum absolute atomic E-state index is 12.1. The Bertz CT molecular complexity index is 530. The van der Waals surface area contributed by atoms with E-state index in [9.17, 15) is 8.42 Å². The van der Waals surface area contributed by atoms with Crippen molar-refractivity contribution in [1.29, 1.82) is 0 Å². The predicted molar refractivity (Wildman–Crippen MR) is 80.2 cm³/mol. The third-order valence-corrected chi connectivity index (χ3v) is 4.44. The number of anilines is 1. The highest BCUT2D eigenvalue weighted by Gasteiger charge is 2.16. The van der Waals surface area contributed by atoms with Crippen LogP contribution in [0.1, 0.15) is 5.56 Å². The Hall–Kier alpha value is -1.15. The predicted octanol–water partition coefficient (Wildman–Crippen LogP) is 0.434. The molecule has 0 aliphatic heterocycles. The molecule has 0 aliphatic carbocycles. The van der Waals surface area contributed by atoms with Gasteiger partial charge in [0.25, 0.3) is 0 Å². The number of rotatable bonds is 8. The van der Waals surface area contributed by atoms with Crippen LogP contribution < -0.4 is 10.5 Å². The molecule has 0 saturated carbocycles. The van der Waals surface area contributed by atoms with E-state index < -0.39 is 10.0 Å². The lowest BCUT2D eigenvalue weighted by atomic mass is 10.2. The topological polar surface area (TPSA) is 84.7 Å². The van der Waals surface area contributed by atoms with E-state index in [1.807, 2.05) is 19.0 Å². The molecule has 7 heteroatoms. The van der Waals surface area contributed by atoms with Crippen molar-refractivity contribution < 1.29 is 13.2 Å². The number of ether oxygens (including phenoxy) is 1. The molecule has 0 aromatic heterocycles. The second-order valence-electron chi connectivity index (χ2n) is 4.78. The van der Waals surface area contributed by atoms with Crippen LogP contribution in [0.25, 0.3) is 0 Å². The van der Waals surface area contributed by atoms with Crippen LogP contribution in [0, 0.1) is 6.92 Å². The summed E-state index contributed by atoms with van der Waals surface area (Å²) >= 11 is 0. The van der Waals surface area contributed by atoms with Gasteiger partial charge in [0.1, 0.15) is 0 Å².